The summed E-state index contributed by atoms with van der Waals surface area (Å²) in [4.78, 5) is 10.7. The summed E-state index contributed by atoms with van der Waals surface area (Å²) in [6.45, 7) is 0. The molecule has 2 aromatic rings. The van der Waals surface area contributed by atoms with Crippen LogP contribution in [-0.2, 0) is 10.5 Å². The number of halogens is 2. The maximum absolute atomic E-state index is 13.6. The molecule has 0 saturated carbocycles. The molecule has 4 nitrogen and oxygen atoms in total. The molecule has 0 aliphatic rings. The highest BCUT2D eigenvalue weighted by Gasteiger charge is 2.11. The van der Waals surface area contributed by atoms with Crippen LogP contribution >= 0.6 is 46.5 Å². The summed E-state index contributed by atoms with van der Waals surface area (Å²) >= 11 is 9.86. The number of primary amides is 1. The highest BCUT2D eigenvalue weighted by atomic mass is 35.5. The van der Waals surface area contributed by atoms with Crippen molar-refractivity contribution in [3.63, 3.8) is 0 Å². The van der Waals surface area contributed by atoms with Crippen LogP contribution in [0.5, 0.6) is 0 Å². The Kier molecular flexibility index (Phi) is 5.64. The highest BCUT2D eigenvalue weighted by Crippen LogP contribution is 2.32. The van der Waals surface area contributed by atoms with Crippen molar-refractivity contribution in [3.05, 3.63) is 34.6 Å². The number of thioether (sulfide) groups is 2. The van der Waals surface area contributed by atoms with Crippen molar-refractivity contribution in [2.75, 3.05) is 5.75 Å². The number of benzene rings is 1. The number of amides is 1. The van der Waals surface area contributed by atoms with Crippen LogP contribution in [0.2, 0.25) is 5.02 Å². The second-order valence-electron chi connectivity index (χ2n) is 3.58. The third-order valence-corrected chi connectivity index (χ3v) is 5.72. The zero-order chi connectivity index (χ0) is 14.5. The molecular weight excluding hydrogens is 341 g/mol. The fourth-order valence-corrected chi connectivity index (χ4v) is 4.35. The molecule has 0 radical (unpaired) electrons. The molecule has 1 amide bonds. The summed E-state index contributed by atoms with van der Waals surface area (Å²) in [7, 11) is 0. The average molecular weight is 350 g/mol. The summed E-state index contributed by atoms with van der Waals surface area (Å²) in [5, 5.41) is 8.28. The van der Waals surface area contributed by atoms with E-state index in [1.54, 1.807) is 12.1 Å². The molecule has 0 aliphatic carbocycles. The largest absolute Gasteiger partial charge is 0.369 e. The van der Waals surface area contributed by atoms with Gasteiger partial charge in [-0.15, -0.1) is 10.2 Å². The number of carbonyl (C=O) groups is 1. The van der Waals surface area contributed by atoms with Crippen LogP contribution in [0.4, 0.5) is 4.39 Å². The number of carbonyl (C=O) groups excluding carboxylic acids is 1. The van der Waals surface area contributed by atoms with Crippen LogP contribution in [0.25, 0.3) is 0 Å². The molecule has 1 heterocycles. The van der Waals surface area contributed by atoms with Crippen molar-refractivity contribution in [3.8, 4) is 0 Å². The van der Waals surface area contributed by atoms with E-state index < -0.39 is 5.91 Å². The van der Waals surface area contributed by atoms with Gasteiger partial charge in [-0.25, -0.2) is 4.39 Å². The standard InChI is InChI=1S/C11H9ClFN3OS3/c12-7-2-1-3-8(13)6(7)4-18-10-15-16-11(20-10)19-5-9(14)17/h1-3H,4-5H2,(H2,14,17). The second-order valence-corrected chi connectivity index (χ2v) is 7.41. The average Bonchev–Trinajstić information content (AvgIpc) is 2.84. The fourth-order valence-electron chi connectivity index (χ4n) is 1.25. The molecule has 9 heteroatoms. The van der Waals surface area contributed by atoms with E-state index in [-0.39, 0.29) is 11.6 Å². The Morgan fingerprint density at radius 2 is 2.05 bits per heavy atom. The Bertz CT molecular complexity index is 602. The number of hydrogen-bond donors (Lipinski definition) is 1. The molecule has 0 unspecified atom stereocenters. The maximum Gasteiger partial charge on any atom is 0.227 e. The van der Waals surface area contributed by atoms with Gasteiger partial charge in [-0.05, 0) is 12.1 Å². The van der Waals surface area contributed by atoms with E-state index in [4.69, 9.17) is 17.3 Å². The van der Waals surface area contributed by atoms with E-state index >= 15 is 0 Å². The van der Waals surface area contributed by atoms with Crippen LogP contribution in [0.1, 0.15) is 5.56 Å². The Morgan fingerprint density at radius 1 is 1.35 bits per heavy atom. The summed E-state index contributed by atoms with van der Waals surface area (Å²) in [5.41, 5.74) is 5.50. The van der Waals surface area contributed by atoms with Crippen LogP contribution in [-0.4, -0.2) is 21.9 Å². The first-order valence-electron chi connectivity index (χ1n) is 5.36. The lowest BCUT2D eigenvalue weighted by Crippen LogP contribution is -2.12. The minimum atomic E-state index is -0.405. The van der Waals surface area contributed by atoms with E-state index in [0.717, 1.165) is 0 Å². The van der Waals surface area contributed by atoms with Gasteiger partial charge in [0.25, 0.3) is 0 Å². The third kappa shape index (κ3) is 4.34. The number of rotatable bonds is 6. The molecule has 0 fully saturated rings. The lowest BCUT2D eigenvalue weighted by molar-refractivity contribution is -0.115. The van der Waals surface area contributed by atoms with Gasteiger partial charge in [0.1, 0.15) is 5.82 Å². The molecule has 0 aliphatic heterocycles. The SMILES string of the molecule is NC(=O)CSc1nnc(SCc2c(F)cccc2Cl)s1. The third-order valence-electron chi connectivity index (χ3n) is 2.13. The Hall–Kier alpha value is -0.830. The van der Waals surface area contributed by atoms with E-state index in [9.17, 15) is 9.18 Å². The molecular formula is C11H9ClFN3OS3. The monoisotopic (exact) mass is 349 g/mol. The second kappa shape index (κ2) is 7.26. The molecule has 106 valence electrons. The maximum atomic E-state index is 13.6. The molecule has 2 N–H and O–H groups in total. The van der Waals surface area contributed by atoms with Gasteiger partial charge in [0.2, 0.25) is 5.91 Å². The van der Waals surface area contributed by atoms with Gasteiger partial charge in [-0.1, -0.05) is 52.5 Å². The minimum absolute atomic E-state index is 0.165. The van der Waals surface area contributed by atoms with Crippen molar-refractivity contribution in [2.24, 2.45) is 5.73 Å². The summed E-state index contributed by atoms with van der Waals surface area (Å²) in [6, 6.07) is 4.58. The van der Waals surface area contributed by atoms with E-state index in [1.165, 1.54) is 40.9 Å². The quantitative estimate of drug-likeness (QED) is 0.811. The van der Waals surface area contributed by atoms with Gasteiger partial charge in [0.15, 0.2) is 8.68 Å². The Labute approximate surface area is 132 Å². The van der Waals surface area contributed by atoms with E-state index in [1.807, 2.05) is 0 Å². The zero-order valence-electron chi connectivity index (χ0n) is 10.0. The van der Waals surface area contributed by atoms with Crippen molar-refractivity contribution in [1.82, 2.24) is 10.2 Å². The topological polar surface area (TPSA) is 68.9 Å². The van der Waals surface area contributed by atoms with Crippen molar-refractivity contribution in [1.29, 1.82) is 0 Å². The smallest absolute Gasteiger partial charge is 0.227 e. The number of nitrogens with zero attached hydrogens (tertiary/aromatic N) is 2. The van der Waals surface area contributed by atoms with Crippen molar-refractivity contribution in [2.45, 2.75) is 14.4 Å². The molecule has 0 spiro atoms. The Morgan fingerprint density at radius 3 is 2.70 bits per heavy atom. The lowest BCUT2D eigenvalue weighted by atomic mass is 10.2. The van der Waals surface area contributed by atoms with Crippen LogP contribution in [0.3, 0.4) is 0 Å². The van der Waals surface area contributed by atoms with Gasteiger partial charge in [-0.3, -0.25) is 4.79 Å². The molecule has 1 aromatic heterocycles. The molecule has 1 aromatic carbocycles. The first kappa shape index (κ1) is 15.6. The van der Waals surface area contributed by atoms with Crippen molar-refractivity contribution < 1.29 is 9.18 Å². The van der Waals surface area contributed by atoms with Crippen LogP contribution in [0.15, 0.2) is 26.9 Å². The Balaban J connectivity index is 1.96. The lowest BCUT2D eigenvalue weighted by Gasteiger charge is -2.03. The molecule has 2 rings (SSSR count). The highest BCUT2D eigenvalue weighted by molar-refractivity contribution is 8.03. The van der Waals surface area contributed by atoms with Gasteiger partial charge in [-0.2, -0.15) is 0 Å². The minimum Gasteiger partial charge on any atom is -0.369 e. The van der Waals surface area contributed by atoms with Gasteiger partial charge in [0, 0.05) is 16.3 Å². The normalized spacial score (nSPS) is 10.7. The van der Waals surface area contributed by atoms with E-state index in [0.29, 0.717) is 25.0 Å². The number of aromatic nitrogens is 2. The summed E-state index contributed by atoms with van der Waals surface area (Å²) < 4.78 is 14.9. The first-order valence-corrected chi connectivity index (χ1v) is 8.53. The van der Waals surface area contributed by atoms with Crippen LogP contribution < -0.4 is 5.73 Å². The van der Waals surface area contributed by atoms with Gasteiger partial charge in [0.05, 0.1) is 5.75 Å². The van der Waals surface area contributed by atoms with E-state index in [2.05, 4.69) is 10.2 Å². The molecule has 0 saturated heterocycles. The van der Waals surface area contributed by atoms with Crippen molar-refractivity contribution >= 4 is 52.4 Å². The first-order chi connectivity index (χ1) is 9.56. The molecule has 0 atom stereocenters. The predicted molar refractivity (Wildman–Crippen MR) is 80.8 cm³/mol. The van der Waals surface area contributed by atoms with Gasteiger partial charge < -0.3 is 5.73 Å². The van der Waals surface area contributed by atoms with Crippen LogP contribution in [0, 0.1) is 5.82 Å². The predicted octanol–water partition coefficient (Wildman–Crippen LogP) is 3.20. The zero-order valence-corrected chi connectivity index (χ0v) is 13.2. The fraction of sp³-hybridized carbons (Fsp3) is 0.182. The number of nitrogens with two attached hydrogens (primary N) is 1. The molecule has 0 bridgehead atoms. The van der Waals surface area contributed by atoms with Gasteiger partial charge >= 0.3 is 0 Å². The number of hydrogen-bond acceptors (Lipinski definition) is 6. The summed E-state index contributed by atoms with van der Waals surface area (Å²) in [5.74, 6) is -0.200. The molecule has 20 heavy (non-hydrogen) atoms. The summed E-state index contributed by atoms with van der Waals surface area (Å²) in [6.07, 6.45) is 0.